The standard InChI is InChI=1S/C26H35NOS2/c1-25-15-21(16-2-5-18(27)6-3-16)24-19-10-11-26(29-12-13-30-26)14-17(19)4-7-20(24)22(25)8-9-23(25)28/h2-3,5-6,14,19-24,28H,4,7-13,15,27H2,1H3/t19?,20-,21+,22-,23?,24?,25-/m0/s1. The molecule has 0 radical (unpaired) electrons. The minimum Gasteiger partial charge on any atom is -0.399 e. The molecule has 1 aromatic carbocycles. The summed E-state index contributed by atoms with van der Waals surface area (Å²) in [5.74, 6) is 6.15. The highest BCUT2D eigenvalue weighted by Gasteiger charge is 2.59. The van der Waals surface area contributed by atoms with Crippen molar-refractivity contribution < 1.29 is 5.11 Å². The lowest BCUT2D eigenvalue weighted by atomic mass is 9.48. The summed E-state index contributed by atoms with van der Waals surface area (Å²) in [6, 6.07) is 8.75. The Labute approximate surface area is 189 Å². The lowest BCUT2D eigenvalue weighted by Gasteiger charge is -2.57. The molecule has 4 heteroatoms. The fourth-order valence-corrected chi connectivity index (χ4v) is 11.4. The maximum Gasteiger partial charge on any atom is 0.0794 e. The van der Waals surface area contributed by atoms with E-state index < -0.39 is 0 Å². The molecule has 0 amide bonds. The molecular weight excluding hydrogens is 406 g/mol. The van der Waals surface area contributed by atoms with Gasteiger partial charge in [0, 0.05) is 17.2 Å². The van der Waals surface area contributed by atoms with Crippen molar-refractivity contribution in [3.63, 3.8) is 0 Å². The Bertz CT molecular complexity index is 845. The van der Waals surface area contributed by atoms with Crippen molar-refractivity contribution in [1.29, 1.82) is 0 Å². The predicted molar refractivity (Wildman–Crippen MR) is 130 cm³/mol. The molecule has 7 atom stereocenters. The molecule has 4 fully saturated rings. The number of aliphatic hydroxyl groups is 1. The molecule has 1 saturated heterocycles. The first-order valence-electron chi connectivity index (χ1n) is 12.0. The fraction of sp³-hybridized carbons (Fsp3) is 0.692. The number of benzene rings is 1. The SMILES string of the molecule is C[C@]12C[C@H](c3ccc(N)cc3)C3C4CCC5(C=C4CC[C@H]3[C@@H]1CCC2O)SCCS5. The number of fused-ring (bicyclic) bond motifs is 5. The highest BCUT2D eigenvalue weighted by Crippen LogP contribution is 2.67. The molecule has 1 spiro atoms. The summed E-state index contributed by atoms with van der Waals surface area (Å²) in [6.07, 6.45) is 11.3. The Kier molecular flexibility index (Phi) is 4.82. The molecule has 4 aliphatic carbocycles. The van der Waals surface area contributed by atoms with Crippen LogP contribution in [0.15, 0.2) is 35.9 Å². The normalized spacial score (nSPS) is 44.3. The van der Waals surface area contributed by atoms with Gasteiger partial charge in [0.1, 0.15) is 0 Å². The van der Waals surface area contributed by atoms with E-state index >= 15 is 0 Å². The summed E-state index contributed by atoms with van der Waals surface area (Å²) in [7, 11) is 0. The maximum absolute atomic E-state index is 11.0. The summed E-state index contributed by atoms with van der Waals surface area (Å²) in [4.78, 5) is 0. The Morgan fingerprint density at radius 1 is 1.00 bits per heavy atom. The molecule has 3 unspecified atom stereocenters. The second-order valence-electron chi connectivity index (χ2n) is 10.8. The number of thioether (sulfide) groups is 2. The van der Waals surface area contributed by atoms with Crippen molar-refractivity contribution in [2.75, 3.05) is 17.2 Å². The van der Waals surface area contributed by atoms with Crippen LogP contribution in [0, 0.1) is 29.1 Å². The van der Waals surface area contributed by atoms with Crippen LogP contribution in [0.1, 0.15) is 63.4 Å². The quantitative estimate of drug-likeness (QED) is 0.410. The summed E-state index contributed by atoms with van der Waals surface area (Å²) in [5.41, 5.74) is 10.2. The number of hydrogen-bond acceptors (Lipinski definition) is 4. The van der Waals surface area contributed by atoms with Crippen LogP contribution in [0.3, 0.4) is 0 Å². The van der Waals surface area contributed by atoms with Gasteiger partial charge in [0.15, 0.2) is 0 Å². The Morgan fingerprint density at radius 2 is 1.77 bits per heavy atom. The van der Waals surface area contributed by atoms with Crippen molar-refractivity contribution >= 4 is 29.2 Å². The number of hydrogen-bond donors (Lipinski definition) is 2. The van der Waals surface area contributed by atoms with Crippen LogP contribution in [0.25, 0.3) is 0 Å². The van der Waals surface area contributed by atoms with Gasteiger partial charge in [-0.2, -0.15) is 0 Å². The molecule has 0 aromatic heterocycles. The molecule has 0 bridgehead atoms. The zero-order chi connectivity index (χ0) is 20.5. The minimum absolute atomic E-state index is 0.0848. The van der Waals surface area contributed by atoms with E-state index in [4.69, 9.17) is 5.73 Å². The molecule has 3 saturated carbocycles. The second kappa shape index (κ2) is 7.22. The number of anilines is 1. The molecule has 3 N–H and O–H groups in total. The molecular formula is C26H35NOS2. The first-order chi connectivity index (χ1) is 14.5. The fourth-order valence-electron chi connectivity index (χ4n) is 8.20. The van der Waals surface area contributed by atoms with E-state index in [0.717, 1.165) is 36.3 Å². The van der Waals surface area contributed by atoms with Crippen molar-refractivity contribution in [3.05, 3.63) is 41.5 Å². The van der Waals surface area contributed by atoms with E-state index in [2.05, 4.69) is 60.8 Å². The monoisotopic (exact) mass is 441 g/mol. The third-order valence-electron chi connectivity index (χ3n) is 9.55. The summed E-state index contributed by atoms with van der Waals surface area (Å²) in [5, 5.41) is 11.0. The summed E-state index contributed by atoms with van der Waals surface area (Å²) >= 11 is 4.41. The molecule has 2 nitrogen and oxygen atoms in total. The van der Waals surface area contributed by atoms with Gasteiger partial charge in [0.25, 0.3) is 0 Å². The lowest BCUT2D eigenvalue weighted by molar-refractivity contribution is -0.0659. The van der Waals surface area contributed by atoms with E-state index in [-0.39, 0.29) is 11.5 Å². The molecule has 1 aromatic rings. The van der Waals surface area contributed by atoms with Crippen LogP contribution in [0.4, 0.5) is 5.69 Å². The zero-order valence-electron chi connectivity index (χ0n) is 18.1. The number of allylic oxidation sites excluding steroid dienone is 1. The maximum atomic E-state index is 11.0. The van der Waals surface area contributed by atoms with Gasteiger partial charge in [-0.1, -0.05) is 30.7 Å². The number of nitrogen functional groups attached to an aromatic ring is 1. The average Bonchev–Trinajstić information content (AvgIpc) is 3.32. The first-order valence-corrected chi connectivity index (χ1v) is 14.0. The van der Waals surface area contributed by atoms with Crippen molar-refractivity contribution in [1.82, 2.24) is 0 Å². The molecule has 30 heavy (non-hydrogen) atoms. The third kappa shape index (κ3) is 2.96. The number of nitrogens with two attached hydrogens (primary N) is 1. The number of aliphatic hydroxyl groups excluding tert-OH is 1. The van der Waals surface area contributed by atoms with Crippen LogP contribution in [0.5, 0.6) is 0 Å². The largest absolute Gasteiger partial charge is 0.399 e. The summed E-state index contributed by atoms with van der Waals surface area (Å²) in [6.45, 7) is 2.41. The van der Waals surface area contributed by atoms with E-state index in [1.807, 2.05) is 0 Å². The van der Waals surface area contributed by atoms with Crippen LogP contribution in [0.2, 0.25) is 0 Å². The molecule has 6 rings (SSSR count). The zero-order valence-corrected chi connectivity index (χ0v) is 19.7. The van der Waals surface area contributed by atoms with Crippen LogP contribution < -0.4 is 5.73 Å². The molecule has 5 aliphatic rings. The summed E-state index contributed by atoms with van der Waals surface area (Å²) < 4.78 is 0.391. The first kappa shape index (κ1) is 20.1. The van der Waals surface area contributed by atoms with Gasteiger partial charge in [-0.25, -0.2) is 0 Å². The van der Waals surface area contributed by atoms with Gasteiger partial charge >= 0.3 is 0 Å². The third-order valence-corrected chi connectivity index (χ3v) is 13.0. The lowest BCUT2D eigenvalue weighted by Crippen LogP contribution is -2.51. The van der Waals surface area contributed by atoms with E-state index in [1.165, 1.54) is 49.2 Å². The predicted octanol–water partition coefficient (Wildman–Crippen LogP) is 6.07. The van der Waals surface area contributed by atoms with Gasteiger partial charge in [-0.15, -0.1) is 23.5 Å². The smallest absolute Gasteiger partial charge is 0.0794 e. The van der Waals surface area contributed by atoms with Gasteiger partial charge in [-0.3, -0.25) is 0 Å². The highest BCUT2D eigenvalue weighted by molar-refractivity contribution is 8.21. The molecule has 1 heterocycles. The Balaban J connectivity index is 1.41. The average molecular weight is 442 g/mol. The highest BCUT2D eigenvalue weighted by atomic mass is 32.2. The molecule has 162 valence electrons. The minimum atomic E-state index is -0.127. The van der Waals surface area contributed by atoms with E-state index in [1.54, 1.807) is 5.57 Å². The number of rotatable bonds is 1. The van der Waals surface area contributed by atoms with Crippen LogP contribution >= 0.6 is 23.5 Å². The Morgan fingerprint density at radius 3 is 2.53 bits per heavy atom. The Hall–Kier alpha value is -0.580. The molecule has 1 aliphatic heterocycles. The topological polar surface area (TPSA) is 46.2 Å². The van der Waals surface area contributed by atoms with Crippen LogP contribution in [-0.2, 0) is 0 Å². The van der Waals surface area contributed by atoms with Crippen molar-refractivity contribution in [3.8, 4) is 0 Å². The second-order valence-corrected chi connectivity index (χ2v) is 13.9. The van der Waals surface area contributed by atoms with Crippen molar-refractivity contribution in [2.24, 2.45) is 29.1 Å². The van der Waals surface area contributed by atoms with Gasteiger partial charge in [0.2, 0.25) is 0 Å². The van der Waals surface area contributed by atoms with Crippen molar-refractivity contribution in [2.45, 2.75) is 68.0 Å². The van der Waals surface area contributed by atoms with E-state index in [0.29, 0.717) is 15.9 Å². The van der Waals surface area contributed by atoms with Gasteiger partial charge in [0.05, 0.1) is 10.2 Å². The van der Waals surface area contributed by atoms with E-state index in [9.17, 15) is 5.11 Å². The van der Waals surface area contributed by atoms with Crippen LogP contribution in [-0.4, -0.2) is 26.8 Å². The van der Waals surface area contributed by atoms with Gasteiger partial charge in [-0.05, 0) is 97.6 Å². The van der Waals surface area contributed by atoms with Gasteiger partial charge < -0.3 is 10.8 Å².